The third-order valence-electron chi connectivity index (χ3n) is 5.11. The van der Waals surface area contributed by atoms with Crippen molar-refractivity contribution < 1.29 is 39.1 Å². The lowest BCUT2D eigenvalue weighted by Gasteiger charge is -2.28. The van der Waals surface area contributed by atoms with Crippen molar-refractivity contribution in [1.82, 2.24) is 16.1 Å². The number of urea groups is 1. The molecule has 192 valence electrons. The Morgan fingerprint density at radius 1 is 1.19 bits per heavy atom. The highest BCUT2D eigenvalue weighted by molar-refractivity contribution is 5.95. The van der Waals surface area contributed by atoms with E-state index in [0.717, 1.165) is 0 Å². The lowest BCUT2D eigenvalue weighted by Crippen LogP contribution is -2.45. The van der Waals surface area contributed by atoms with Gasteiger partial charge in [-0.25, -0.2) is 9.59 Å². The zero-order chi connectivity index (χ0) is 26.2. The maximum Gasteiger partial charge on any atom is 0.337 e. The quantitative estimate of drug-likeness (QED) is 0.123. The third kappa shape index (κ3) is 6.36. The predicted molar refractivity (Wildman–Crippen MR) is 129 cm³/mol. The fourth-order valence-corrected chi connectivity index (χ4v) is 3.46. The van der Waals surface area contributed by atoms with Crippen molar-refractivity contribution in [2.45, 2.75) is 26.1 Å². The Balaban J connectivity index is 1.71. The molecule has 3 rings (SSSR count). The third-order valence-corrected chi connectivity index (χ3v) is 5.11. The number of rotatable bonds is 10. The number of nitrogens with one attached hydrogen (secondary N) is 3. The van der Waals surface area contributed by atoms with E-state index in [1.807, 2.05) is 0 Å². The molecule has 0 bridgehead atoms. The van der Waals surface area contributed by atoms with Gasteiger partial charge in [-0.05, 0) is 43.7 Å². The van der Waals surface area contributed by atoms with Gasteiger partial charge in [-0.1, -0.05) is 6.07 Å². The number of hydrogen-bond donors (Lipinski definition) is 6. The van der Waals surface area contributed by atoms with Crippen LogP contribution in [0.1, 0.15) is 31.0 Å². The lowest BCUT2D eigenvalue weighted by atomic mass is 9.95. The van der Waals surface area contributed by atoms with Crippen molar-refractivity contribution in [2.24, 2.45) is 5.10 Å². The first-order valence-corrected chi connectivity index (χ1v) is 11.0. The number of aliphatic hydroxyl groups excluding tert-OH is 1. The molecular formula is C24H28N4O8. The van der Waals surface area contributed by atoms with Gasteiger partial charge < -0.3 is 40.2 Å². The van der Waals surface area contributed by atoms with E-state index in [1.54, 1.807) is 32.0 Å². The number of esters is 1. The Kier molecular flexibility index (Phi) is 8.57. The summed E-state index contributed by atoms with van der Waals surface area (Å²) in [6.45, 7) is 3.52. The smallest absolute Gasteiger partial charge is 0.337 e. The van der Waals surface area contributed by atoms with Crippen LogP contribution in [-0.4, -0.2) is 60.1 Å². The molecule has 0 aromatic heterocycles. The second kappa shape index (κ2) is 11.8. The molecule has 36 heavy (non-hydrogen) atoms. The molecule has 12 nitrogen and oxygen atoms in total. The maximum absolute atomic E-state index is 12.3. The van der Waals surface area contributed by atoms with Crippen LogP contribution in [0, 0.1) is 0 Å². The standard InChI is InChI=1S/C24H28N4O8/c1-4-35-19-9-14(22-21(23(32)34-3)13(2)26-24(33)27-22)6-8-18(19)36-12-20(31)28-25-11-15-5-7-16(29)10-17(15)30/h5-11,20,22,28-31H,4,12H2,1-3H3,(H2,26,27,33)/b25-11-/t20-,22+/m0/s1. The number of carbonyl (C=O) groups excluding carboxylic acids is 2. The second-order valence-electron chi connectivity index (χ2n) is 7.66. The number of phenolic OH excluding ortho intramolecular Hbond substituents is 2. The minimum atomic E-state index is -1.20. The molecule has 0 saturated heterocycles. The Morgan fingerprint density at radius 2 is 1.97 bits per heavy atom. The highest BCUT2D eigenvalue weighted by atomic mass is 16.5. The normalized spacial score (nSPS) is 16.2. The number of ether oxygens (including phenoxy) is 3. The first-order chi connectivity index (χ1) is 17.2. The van der Waals surface area contributed by atoms with Gasteiger partial charge in [0.1, 0.15) is 18.1 Å². The molecule has 0 aliphatic carbocycles. The van der Waals surface area contributed by atoms with E-state index in [9.17, 15) is 24.9 Å². The molecule has 0 unspecified atom stereocenters. The van der Waals surface area contributed by atoms with Gasteiger partial charge in [0.05, 0.1) is 31.5 Å². The monoisotopic (exact) mass is 500 g/mol. The van der Waals surface area contributed by atoms with Crippen molar-refractivity contribution in [3.63, 3.8) is 0 Å². The van der Waals surface area contributed by atoms with E-state index >= 15 is 0 Å². The van der Waals surface area contributed by atoms with E-state index < -0.39 is 24.3 Å². The molecule has 0 spiro atoms. The zero-order valence-electron chi connectivity index (χ0n) is 19.9. The van der Waals surface area contributed by atoms with Crippen LogP contribution in [0.3, 0.4) is 0 Å². The molecule has 1 heterocycles. The van der Waals surface area contributed by atoms with Gasteiger partial charge in [0, 0.05) is 17.3 Å². The van der Waals surface area contributed by atoms with Gasteiger partial charge in [0.25, 0.3) is 0 Å². The van der Waals surface area contributed by atoms with Gasteiger partial charge in [0.15, 0.2) is 17.7 Å². The summed E-state index contributed by atoms with van der Waals surface area (Å²) in [5.41, 5.74) is 4.00. The Bertz CT molecular complexity index is 1180. The number of methoxy groups -OCH3 is 1. The highest BCUT2D eigenvalue weighted by Crippen LogP contribution is 2.35. The van der Waals surface area contributed by atoms with Crippen molar-refractivity contribution in [3.05, 3.63) is 58.8 Å². The van der Waals surface area contributed by atoms with E-state index in [1.165, 1.54) is 31.5 Å². The van der Waals surface area contributed by atoms with Crippen molar-refractivity contribution in [1.29, 1.82) is 0 Å². The van der Waals surface area contributed by atoms with Gasteiger partial charge in [-0.15, -0.1) is 0 Å². The summed E-state index contributed by atoms with van der Waals surface area (Å²) in [5.74, 6) is -0.175. The van der Waals surface area contributed by atoms with Crippen LogP contribution in [0.25, 0.3) is 0 Å². The first-order valence-electron chi connectivity index (χ1n) is 11.0. The summed E-state index contributed by atoms with van der Waals surface area (Å²) in [6.07, 6.45) is 0.0787. The molecular weight excluding hydrogens is 472 g/mol. The van der Waals surface area contributed by atoms with E-state index in [2.05, 4.69) is 21.2 Å². The largest absolute Gasteiger partial charge is 0.508 e. The van der Waals surface area contributed by atoms with Crippen LogP contribution in [0.5, 0.6) is 23.0 Å². The number of hydrazone groups is 1. The second-order valence-corrected chi connectivity index (χ2v) is 7.66. The predicted octanol–water partition coefficient (Wildman–Crippen LogP) is 1.62. The van der Waals surface area contributed by atoms with E-state index in [-0.39, 0.29) is 23.7 Å². The number of phenols is 2. The van der Waals surface area contributed by atoms with Crippen molar-refractivity contribution >= 4 is 18.2 Å². The molecule has 12 heteroatoms. The molecule has 2 atom stereocenters. The maximum atomic E-state index is 12.3. The van der Waals surface area contributed by atoms with Crippen molar-refractivity contribution in [3.8, 4) is 23.0 Å². The molecule has 2 aromatic carbocycles. The van der Waals surface area contributed by atoms with Crippen LogP contribution in [0.4, 0.5) is 4.79 Å². The van der Waals surface area contributed by atoms with Crippen LogP contribution in [0.15, 0.2) is 52.8 Å². The molecule has 0 saturated carbocycles. The summed E-state index contributed by atoms with van der Waals surface area (Å²) >= 11 is 0. The summed E-state index contributed by atoms with van der Waals surface area (Å²) in [7, 11) is 1.26. The Hall–Kier alpha value is -4.45. The summed E-state index contributed by atoms with van der Waals surface area (Å²) < 4.78 is 16.2. The highest BCUT2D eigenvalue weighted by Gasteiger charge is 2.32. The average molecular weight is 501 g/mol. The summed E-state index contributed by atoms with van der Waals surface area (Å²) in [5, 5.41) is 38.4. The average Bonchev–Trinajstić information content (AvgIpc) is 2.84. The van der Waals surface area contributed by atoms with E-state index in [0.29, 0.717) is 34.9 Å². The van der Waals surface area contributed by atoms with Gasteiger partial charge >= 0.3 is 12.0 Å². The number of aliphatic hydroxyl groups is 1. The van der Waals surface area contributed by atoms with Crippen LogP contribution in [-0.2, 0) is 9.53 Å². The first kappa shape index (κ1) is 26.2. The minimum absolute atomic E-state index is 0.0858. The van der Waals surface area contributed by atoms with Crippen LogP contribution >= 0.6 is 0 Å². The summed E-state index contributed by atoms with van der Waals surface area (Å²) in [4.78, 5) is 24.4. The number of carbonyl (C=O) groups is 2. The van der Waals surface area contributed by atoms with Gasteiger partial charge in [-0.2, -0.15) is 5.10 Å². The molecule has 2 aromatic rings. The van der Waals surface area contributed by atoms with Gasteiger partial charge in [0.2, 0.25) is 0 Å². The fourth-order valence-electron chi connectivity index (χ4n) is 3.46. The Labute approximate surface area is 207 Å². The number of amides is 2. The fraction of sp³-hybridized carbons (Fsp3) is 0.292. The Morgan fingerprint density at radius 3 is 2.67 bits per heavy atom. The molecule has 0 fully saturated rings. The molecule has 6 N–H and O–H groups in total. The summed E-state index contributed by atoms with van der Waals surface area (Å²) in [6, 6.07) is 7.69. The van der Waals surface area contributed by atoms with Gasteiger partial charge in [-0.3, -0.25) is 5.43 Å². The number of hydrogen-bond acceptors (Lipinski definition) is 10. The molecule has 0 radical (unpaired) electrons. The van der Waals surface area contributed by atoms with Crippen molar-refractivity contribution in [2.75, 3.05) is 20.3 Å². The lowest BCUT2D eigenvalue weighted by molar-refractivity contribution is -0.136. The number of nitrogens with zero attached hydrogens (tertiary/aromatic N) is 1. The molecule has 2 amide bonds. The van der Waals surface area contributed by atoms with E-state index in [4.69, 9.17) is 14.2 Å². The van der Waals surface area contributed by atoms with Crippen LogP contribution in [0.2, 0.25) is 0 Å². The molecule has 1 aliphatic heterocycles. The SMILES string of the molecule is CCOc1cc([C@H]2NC(=O)NC(C)=C2C(=O)OC)ccc1OC[C@H](O)N/N=C\c1ccc(O)cc1O. The number of aromatic hydroxyl groups is 2. The molecule has 1 aliphatic rings. The number of benzene rings is 2. The number of allylic oxidation sites excluding steroid dienone is 1. The van der Waals surface area contributed by atoms with Crippen LogP contribution < -0.4 is 25.5 Å². The minimum Gasteiger partial charge on any atom is -0.508 e. The topological polar surface area (TPSA) is 171 Å². The zero-order valence-corrected chi connectivity index (χ0v) is 19.9.